The molecule has 0 radical (unpaired) electrons. The van der Waals surface area contributed by atoms with Crippen molar-refractivity contribution in [3.8, 4) is 0 Å². The van der Waals surface area contributed by atoms with Crippen LogP contribution in [0.2, 0.25) is 0 Å². The third-order valence-electron chi connectivity index (χ3n) is 0. The van der Waals surface area contributed by atoms with Crippen LogP contribution in [0.4, 0.5) is 0 Å². The summed E-state index contributed by atoms with van der Waals surface area (Å²) in [5, 5.41) is 7.57. The second-order valence-electron chi connectivity index (χ2n) is 0.531. The van der Waals surface area contributed by atoms with Crippen molar-refractivity contribution < 1.29 is 68.6 Å². The molecule has 0 aromatic rings. The molecule has 0 aromatic carbocycles. The Bertz CT molecular complexity index is 32.9. The van der Waals surface area contributed by atoms with Gasteiger partial charge in [0, 0.05) is 6.61 Å². The van der Waals surface area contributed by atoms with E-state index in [1.807, 2.05) is 0 Å². The zero-order valence-electron chi connectivity index (χ0n) is 6.79. The van der Waals surface area contributed by atoms with E-state index in [2.05, 4.69) is 0 Å². The molecular formula is C2H18CeCl3O7. The number of aliphatic hydroxyl groups is 1. The van der Waals surface area contributed by atoms with Crippen LogP contribution in [0.1, 0.15) is 6.92 Å². The molecule has 93 valence electrons. The molecule has 0 bridgehead atoms. The van der Waals surface area contributed by atoms with Gasteiger partial charge in [-0.25, -0.2) is 0 Å². The van der Waals surface area contributed by atoms with Crippen molar-refractivity contribution in [2.24, 2.45) is 0 Å². The topological polar surface area (TPSA) is 209 Å². The average molecular weight is 401 g/mol. The summed E-state index contributed by atoms with van der Waals surface area (Å²) in [5.74, 6) is 0. The molecule has 0 aliphatic heterocycles. The molecule has 0 amide bonds. The van der Waals surface area contributed by atoms with Gasteiger partial charge in [0.25, 0.3) is 0 Å². The quantitative estimate of drug-likeness (QED) is 0.446. The molecule has 0 spiro atoms. The summed E-state index contributed by atoms with van der Waals surface area (Å²) in [6, 6.07) is 0. The molecular weight excluding hydrogens is 382 g/mol. The maximum absolute atomic E-state index is 7.57. The molecule has 0 aromatic heterocycles. The molecule has 0 unspecified atom stereocenters. The van der Waals surface area contributed by atoms with Gasteiger partial charge < -0.3 is 38.0 Å². The monoisotopic (exact) mass is 399 g/mol. The molecule has 11 heteroatoms. The van der Waals surface area contributed by atoms with Crippen LogP contribution in [-0.2, 0) is 0 Å². The average Bonchev–Trinajstić information content (AvgIpc) is 1.33. The third-order valence-corrected chi connectivity index (χ3v) is 0. The zero-order valence-corrected chi connectivity index (χ0v) is 12.2. The van der Waals surface area contributed by atoms with Crippen molar-refractivity contribution in [1.82, 2.24) is 0 Å². The molecule has 0 rings (SSSR count). The second-order valence-corrected chi connectivity index (χ2v) is 14.4. The van der Waals surface area contributed by atoms with Gasteiger partial charge in [-0.1, -0.05) is 0 Å². The van der Waals surface area contributed by atoms with E-state index in [-0.39, 0.29) is 39.5 Å². The van der Waals surface area contributed by atoms with Gasteiger partial charge in [-0.3, -0.25) is 0 Å². The molecule has 13 N–H and O–H groups in total. The maximum atomic E-state index is 7.57. The van der Waals surface area contributed by atoms with Gasteiger partial charge >= 0.3 is 47.6 Å². The first-order valence-electron chi connectivity index (χ1n) is 1.59. The molecule has 0 aliphatic carbocycles. The van der Waals surface area contributed by atoms with Gasteiger partial charge in [0.05, 0.1) is 0 Å². The van der Waals surface area contributed by atoms with Gasteiger partial charge in [-0.15, -0.1) is 0 Å². The summed E-state index contributed by atoms with van der Waals surface area (Å²) in [7, 11) is 0. The minimum atomic E-state index is -2.24. The van der Waals surface area contributed by atoms with Crippen LogP contribution < -0.4 is 0 Å². The van der Waals surface area contributed by atoms with Crippen molar-refractivity contribution in [3.05, 3.63) is 0 Å². The normalized spacial score (nSPS) is 3.46. The van der Waals surface area contributed by atoms with Crippen LogP contribution in [-0.4, -0.2) is 44.6 Å². The van der Waals surface area contributed by atoms with Crippen molar-refractivity contribution in [3.63, 3.8) is 0 Å². The summed E-state index contributed by atoms with van der Waals surface area (Å²) < 4.78 is 0. The zero-order chi connectivity index (χ0) is 6.28. The number of rotatable bonds is 0. The predicted octanol–water partition coefficient (Wildman–Crippen LogP) is -2.88. The number of aliphatic hydroxyl groups excluding tert-OH is 1. The van der Waals surface area contributed by atoms with E-state index in [9.17, 15) is 0 Å². The Morgan fingerprint density at radius 1 is 0.846 bits per heavy atom. The molecule has 7 nitrogen and oxygen atoms in total. The molecule has 0 aliphatic rings. The van der Waals surface area contributed by atoms with Crippen LogP contribution in [0.5, 0.6) is 0 Å². The fourth-order valence-electron chi connectivity index (χ4n) is 0. The van der Waals surface area contributed by atoms with E-state index < -0.39 is 30.7 Å². The van der Waals surface area contributed by atoms with Crippen molar-refractivity contribution >= 4 is 16.9 Å². The molecule has 0 saturated carbocycles. The summed E-state index contributed by atoms with van der Waals surface area (Å²) in [6.45, 7) is 1.93. The second kappa shape index (κ2) is 66.0. The van der Waals surface area contributed by atoms with Crippen LogP contribution in [0.25, 0.3) is 0 Å². The van der Waals surface area contributed by atoms with E-state index in [1.165, 1.54) is 0 Å². The van der Waals surface area contributed by atoms with Crippen molar-refractivity contribution in [2.75, 3.05) is 6.61 Å². The first-order valence-corrected chi connectivity index (χ1v) is 13.4. The van der Waals surface area contributed by atoms with Gasteiger partial charge in [0.1, 0.15) is 0 Å². The Hall–Kier alpha value is 1.97. The van der Waals surface area contributed by atoms with Gasteiger partial charge in [-0.05, 0) is 6.92 Å². The van der Waals surface area contributed by atoms with Crippen LogP contribution in [0.15, 0.2) is 0 Å². The summed E-state index contributed by atoms with van der Waals surface area (Å²) in [4.78, 5) is 0. The van der Waals surface area contributed by atoms with Crippen LogP contribution in [0, 0.1) is 30.7 Å². The number of hydrogen-bond acceptors (Lipinski definition) is 1. The van der Waals surface area contributed by atoms with E-state index in [0.717, 1.165) is 0 Å². The Morgan fingerprint density at radius 2 is 0.846 bits per heavy atom. The van der Waals surface area contributed by atoms with E-state index >= 15 is 0 Å². The van der Waals surface area contributed by atoms with Gasteiger partial charge in [-0.2, -0.15) is 0 Å². The molecule has 0 atom stereocenters. The third kappa shape index (κ3) is 517. The number of halogens is 3. The first-order chi connectivity index (χ1) is 3.15. The van der Waals surface area contributed by atoms with Crippen molar-refractivity contribution in [2.45, 2.75) is 6.92 Å². The Kier molecular flexibility index (Phi) is 305. The first kappa shape index (κ1) is 60.2. The fraction of sp³-hybridized carbons (Fsp3) is 1.00. The van der Waals surface area contributed by atoms with E-state index in [0.29, 0.717) is 0 Å². The molecule has 0 heterocycles. The number of hydrogen-bond donors (Lipinski definition) is 1. The summed E-state index contributed by atoms with van der Waals surface area (Å²) in [5.41, 5.74) is 15.1. The summed E-state index contributed by atoms with van der Waals surface area (Å²) >= 11 is -2.24. The Labute approximate surface area is 97.7 Å². The standard InChI is InChI=1S/C2H6O.Ce.3ClH.6H2O/c1-2-3;;;;;;;;;;/h3H,2H2,1H3;;3*1H;6*1H2/q;+3;;;;;;;;;/p-3. The summed E-state index contributed by atoms with van der Waals surface area (Å²) in [6.07, 6.45) is 0. The van der Waals surface area contributed by atoms with Gasteiger partial charge in [0.2, 0.25) is 0 Å². The molecule has 0 fully saturated rings. The minimum absolute atomic E-state index is 0. The Balaban J connectivity index is -0.00000000444. The predicted molar refractivity (Wildman–Crippen MR) is 52.0 cm³/mol. The van der Waals surface area contributed by atoms with E-state index in [4.69, 9.17) is 22.0 Å². The fourth-order valence-corrected chi connectivity index (χ4v) is 0. The SMILES string of the molecule is CCO.O.O.O.O.O.O.[Cl][Ce]([Cl])[Cl]. The molecule has 0 saturated heterocycles. The van der Waals surface area contributed by atoms with Gasteiger partial charge in [0.15, 0.2) is 0 Å². The van der Waals surface area contributed by atoms with Crippen LogP contribution in [0.3, 0.4) is 0 Å². The van der Waals surface area contributed by atoms with Crippen molar-refractivity contribution in [1.29, 1.82) is 0 Å². The Morgan fingerprint density at radius 3 is 0.846 bits per heavy atom. The van der Waals surface area contributed by atoms with E-state index in [1.54, 1.807) is 6.92 Å². The van der Waals surface area contributed by atoms with Crippen LogP contribution >= 0.6 is 16.9 Å². The molecule has 13 heavy (non-hydrogen) atoms.